The van der Waals surface area contributed by atoms with E-state index in [0.717, 1.165) is 4.90 Å². The van der Waals surface area contributed by atoms with Gasteiger partial charge in [0.15, 0.2) is 0 Å². The van der Waals surface area contributed by atoms with Gasteiger partial charge in [0.05, 0.1) is 38.3 Å². The maximum Gasteiger partial charge on any atom is 0.263 e. The van der Waals surface area contributed by atoms with E-state index in [2.05, 4.69) is 5.32 Å². The van der Waals surface area contributed by atoms with Gasteiger partial charge in [-0.05, 0) is 42.7 Å². The molecule has 0 aromatic heterocycles. The lowest BCUT2D eigenvalue weighted by Gasteiger charge is -2.25. The number of anilines is 1. The average molecular weight is 522 g/mol. The molecule has 11 heteroatoms. The summed E-state index contributed by atoms with van der Waals surface area (Å²) < 4.78 is 5.10. The highest BCUT2D eigenvalue weighted by Crippen LogP contribution is 2.45. The molecule has 1 N–H and O–H groups in total. The summed E-state index contributed by atoms with van der Waals surface area (Å²) in [5, 5.41) is 2.13. The van der Waals surface area contributed by atoms with Crippen LogP contribution in [0, 0.1) is 0 Å². The lowest BCUT2D eigenvalue weighted by Crippen LogP contribution is -2.47. The van der Waals surface area contributed by atoms with Crippen LogP contribution in [0.5, 0.6) is 5.75 Å². The Morgan fingerprint density at radius 2 is 1.52 bits per heavy atom. The molecule has 2 aromatic rings. The van der Waals surface area contributed by atoms with Crippen LogP contribution in [-0.2, 0) is 4.79 Å². The van der Waals surface area contributed by atoms with Gasteiger partial charge in [-0.1, -0.05) is 46.4 Å². The Balaban J connectivity index is 1.97. The largest absolute Gasteiger partial charge is 0.497 e. The number of ether oxygens (including phenoxy) is 1. The zero-order valence-corrected chi connectivity index (χ0v) is 20.1. The van der Waals surface area contributed by atoms with Crippen LogP contribution in [0.25, 0.3) is 0 Å². The second-order valence-electron chi connectivity index (χ2n) is 6.50. The maximum atomic E-state index is 13.1. The van der Waals surface area contributed by atoms with E-state index in [0.29, 0.717) is 17.2 Å². The number of thioether (sulfide) groups is 1. The molecule has 3 rings (SSSR count). The molecular formula is C20H16Cl4N2O4S. The van der Waals surface area contributed by atoms with Gasteiger partial charge in [0, 0.05) is 5.69 Å². The number of nitrogens with one attached hydrogen (secondary N) is 1. The number of methoxy groups -OCH3 is 1. The SMILES string of the molecule is COc1ccc(NC(=O)[C@@H](CCSC)N2C(=O)c3c(Cl)c(Cl)c(Cl)c(Cl)c3C2=O)cc1. The summed E-state index contributed by atoms with van der Waals surface area (Å²) in [4.78, 5) is 40.2. The van der Waals surface area contributed by atoms with Gasteiger partial charge in [0.25, 0.3) is 11.8 Å². The van der Waals surface area contributed by atoms with Crippen molar-refractivity contribution in [2.45, 2.75) is 12.5 Å². The summed E-state index contributed by atoms with van der Waals surface area (Å²) in [6.07, 6.45) is 2.08. The number of imide groups is 1. The molecule has 164 valence electrons. The molecular weight excluding hydrogens is 506 g/mol. The third kappa shape index (κ3) is 4.47. The summed E-state index contributed by atoms with van der Waals surface area (Å²) >= 11 is 26.0. The first-order chi connectivity index (χ1) is 14.7. The van der Waals surface area contributed by atoms with Crippen molar-refractivity contribution >= 4 is 81.6 Å². The molecule has 1 heterocycles. The second-order valence-corrected chi connectivity index (χ2v) is 9.00. The van der Waals surface area contributed by atoms with Crippen molar-refractivity contribution in [2.24, 2.45) is 0 Å². The van der Waals surface area contributed by atoms with Crippen LogP contribution >= 0.6 is 58.2 Å². The Hall–Kier alpha value is -1.64. The first-order valence-electron chi connectivity index (χ1n) is 8.90. The molecule has 0 radical (unpaired) electrons. The fourth-order valence-corrected chi connectivity index (χ4v) is 4.63. The average Bonchev–Trinajstić information content (AvgIpc) is 3.02. The highest BCUT2D eigenvalue weighted by Gasteiger charge is 2.46. The topological polar surface area (TPSA) is 75.7 Å². The minimum absolute atomic E-state index is 0.126. The van der Waals surface area contributed by atoms with Gasteiger partial charge in [0.2, 0.25) is 5.91 Å². The third-order valence-electron chi connectivity index (χ3n) is 4.70. The first kappa shape index (κ1) is 24.0. The number of halogens is 4. The number of nitrogens with zero attached hydrogens (tertiary/aromatic N) is 1. The summed E-state index contributed by atoms with van der Waals surface area (Å²) in [5.74, 6) is -0.881. The Morgan fingerprint density at radius 3 is 1.97 bits per heavy atom. The highest BCUT2D eigenvalue weighted by atomic mass is 35.5. The minimum Gasteiger partial charge on any atom is -0.497 e. The van der Waals surface area contributed by atoms with E-state index in [1.54, 1.807) is 24.3 Å². The molecule has 0 bridgehead atoms. The molecule has 0 saturated heterocycles. The van der Waals surface area contributed by atoms with Gasteiger partial charge in [-0.2, -0.15) is 11.8 Å². The number of carbonyl (C=O) groups excluding carboxylic acids is 3. The molecule has 0 aliphatic carbocycles. The van der Waals surface area contributed by atoms with Crippen LogP contribution in [-0.4, -0.2) is 47.8 Å². The molecule has 0 saturated carbocycles. The number of hydrogen-bond donors (Lipinski definition) is 1. The Morgan fingerprint density at radius 1 is 1.00 bits per heavy atom. The van der Waals surface area contributed by atoms with Crippen molar-refractivity contribution in [1.29, 1.82) is 0 Å². The van der Waals surface area contributed by atoms with E-state index in [1.165, 1.54) is 18.9 Å². The lowest BCUT2D eigenvalue weighted by molar-refractivity contribution is -0.120. The number of carbonyl (C=O) groups is 3. The fourth-order valence-electron chi connectivity index (χ4n) is 3.16. The molecule has 3 amide bonds. The second kappa shape index (κ2) is 9.88. The van der Waals surface area contributed by atoms with Crippen LogP contribution in [0.1, 0.15) is 27.1 Å². The summed E-state index contributed by atoms with van der Waals surface area (Å²) in [6, 6.07) is 5.57. The fraction of sp³-hybridized carbons (Fsp3) is 0.250. The molecule has 2 aromatic carbocycles. The lowest BCUT2D eigenvalue weighted by atomic mass is 10.1. The zero-order valence-electron chi connectivity index (χ0n) is 16.3. The van der Waals surface area contributed by atoms with Crippen molar-refractivity contribution < 1.29 is 19.1 Å². The van der Waals surface area contributed by atoms with Gasteiger partial charge in [-0.25, -0.2) is 0 Å². The van der Waals surface area contributed by atoms with Crippen molar-refractivity contribution in [2.75, 3.05) is 24.4 Å². The quantitative estimate of drug-likeness (QED) is 0.289. The Bertz CT molecular complexity index is 1020. The molecule has 1 aliphatic heterocycles. The maximum absolute atomic E-state index is 13.1. The van der Waals surface area contributed by atoms with E-state index in [4.69, 9.17) is 51.1 Å². The van der Waals surface area contributed by atoms with Gasteiger partial charge in [0.1, 0.15) is 11.8 Å². The van der Waals surface area contributed by atoms with Crippen LogP contribution < -0.4 is 10.1 Å². The molecule has 1 atom stereocenters. The molecule has 0 unspecified atom stereocenters. The van der Waals surface area contributed by atoms with E-state index in [-0.39, 0.29) is 37.6 Å². The number of fused-ring (bicyclic) bond motifs is 1. The van der Waals surface area contributed by atoms with Crippen molar-refractivity contribution in [3.8, 4) is 5.75 Å². The molecule has 0 fully saturated rings. The van der Waals surface area contributed by atoms with Crippen LogP contribution in [0.15, 0.2) is 24.3 Å². The first-order valence-corrected chi connectivity index (χ1v) is 11.8. The van der Waals surface area contributed by atoms with E-state index in [9.17, 15) is 14.4 Å². The van der Waals surface area contributed by atoms with Crippen LogP contribution in [0.3, 0.4) is 0 Å². The third-order valence-corrected chi connectivity index (χ3v) is 7.15. The molecule has 0 spiro atoms. The smallest absolute Gasteiger partial charge is 0.263 e. The van der Waals surface area contributed by atoms with Gasteiger partial charge >= 0.3 is 0 Å². The van der Waals surface area contributed by atoms with Crippen molar-refractivity contribution in [3.63, 3.8) is 0 Å². The number of rotatable bonds is 7. The monoisotopic (exact) mass is 520 g/mol. The predicted octanol–water partition coefficient (Wildman–Crippen LogP) is 5.67. The number of benzene rings is 2. The van der Waals surface area contributed by atoms with E-state index in [1.807, 2.05) is 6.26 Å². The van der Waals surface area contributed by atoms with Crippen molar-refractivity contribution in [1.82, 2.24) is 4.90 Å². The summed E-state index contributed by atoms with van der Waals surface area (Å²) in [6.45, 7) is 0. The van der Waals surface area contributed by atoms with E-state index >= 15 is 0 Å². The summed E-state index contributed by atoms with van der Waals surface area (Å²) in [5.41, 5.74) is 0.175. The Labute approximate surface area is 203 Å². The van der Waals surface area contributed by atoms with Crippen LogP contribution in [0.2, 0.25) is 20.1 Å². The van der Waals surface area contributed by atoms with Gasteiger partial charge in [-0.3, -0.25) is 19.3 Å². The number of amides is 3. The normalized spacial score (nSPS) is 13.9. The Kier molecular flexibility index (Phi) is 7.65. The summed E-state index contributed by atoms with van der Waals surface area (Å²) in [7, 11) is 1.53. The van der Waals surface area contributed by atoms with Gasteiger partial charge in [-0.15, -0.1) is 0 Å². The molecule has 1 aliphatic rings. The van der Waals surface area contributed by atoms with Crippen LogP contribution in [0.4, 0.5) is 5.69 Å². The van der Waals surface area contributed by atoms with Gasteiger partial charge < -0.3 is 10.1 Å². The zero-order chi connectivity index (χ0) is 22.9. The molecule has 31 heavy (non-hydrogen) atoms. The predicted molar refractivity (Wildman–Crippen MR) is 125 cm³/mol. The molecule has 6 nitrogen and oxygen atoms in total. The van der Waals surface area contributed by atoms with E-state index < -0.39 is 23.8 Å². The standard InChI is InChI=1S/C20H16Cl4N2O4S/c1-30-10-5-3-9(4-6-10)25-18(27)11(7-8-31-2)26-19(28)12-13(20(26)29)15(22)17(24)16(23)14(12)21/h3-6,11H,7-8H2,1-2H3,(H,25,27)/t11-/m1/s1. The highest BCUT2D eigenvalue weighted by molar-refractivity contribution is 7.98. The minimum atomic E-state index is -1.09. The van der Waals surface area contributed by atoms with Crippen molar-refractivity contribution in [3.05, 3.63) is 55.5 Å². The number of hydrogen-bond acceptors (Lipinski definition) is 5.